The zero-order chi connectivity index (χ0) is 13.3. The predicted octanol–water partition coefficient (Wildman–Crippen LogP) is 2.35. The summed E-state index contributed by atoms with van der Waals surface area (Å²) in [6.07, 6.45) is 4.20. The topological polar surface area (TPSA) is 57.9 Å². The van der Waals surface area contributed by atoms with E-state index < -0.39 is 0 Å². The van der Waals surface area contributed by atoms with Crippen molar-refractivity contribution in [3.63, 3.8) is 0 Å². The van der Waals surface area contributed by atoms with Crippen molar-refractivity contribution in [3.8, 4) is 0 Å². The number of imidazole rings is 1. The molecule has 1 unspecified atom stereocenters. The lowest BCUT2D eigenvalue weighted by Crippen LogP contribution is -2.43. The number of nitrogen functional groups attached to an aromatic ring is 1. The molecular weight excluding hydrogens is 236 g/mol. The monoisotopic (exact) mass is 256 g/mol. The molecule has 4 nitrogen and oxygen atoms in total. The molecule has 1 aliphatic rings. The Balaban J connectivity index is 2.09. The van der Waals surface area contributed by atoms with Gasteiger partial charge in [0.1, 0.15) is 17.2 Å². The first-order valence-electron chi connectivity index (χ1n) is 6.83. The average Bonchev–Trinajstić information content (AvgIpc) is 3.10. The Morgan fingerprint density at radius 2 is 1.89 bits per heavy atom. The van der Waals surface area contributed by atoms with Crippen molar-refractivity contribution in [1.29, 1.82) is 0 Å². The number of H-pyrrole nitrogens is 1. The lowest BCUT2D eigenvalue weighted by atomic mass is 9.89. The molecule has 0 saturated carbocycles. The van der Waals surface area contributed by atoms with Crippen molar-refractivity contribution >= 4 is 5.82 Å². The maximum absolute atomic E-state index is 5.82. The molecule has 0 spiro atoms. The Morgan fingerprint density at radius 1 is 1.21 bits per heavy atom. The number of likely N-dealkylation sites (tertiary alicyclic amines) is 1. The second-order valence-electron chi connectivity index (χ2n) is 5.32. The van der Waals surface area contributed by atoms with E-state index in [2.05, 4.69) is 46.1 Å². The highest BCUT2D eigenvalue weighted by atomic mass is 15.2. The molecule has 1 aromatic heterocycles. The van der Waals surface area contributed by atoms with E-state index >= 15 is 0 Å². The summed E-state index contributed by atoms with van der Waals surface area (Å²) in [5.74, 6) is 1.55. The molecule has 1 fully saturated rings. The molecule has 100 valence electrons. The van der Waals surface area contributed by atoms with Crippen LogP contribution in [0.25, 0.3) is 0 Å². The van der Waals surface area contributed by atoms with Crippen LogP contribution in [-0.4, -0.2) is 28.0 Å². The molecule has 3 N–H and O–H groups in total. The Kier molecular flexibility index (Phi) is 3.03. The lowest BCUT2D eigenvalue weighted by Gasteiger charge is -2.37. The van der Waals surface area contributed by atoms with E-state index in [-0.39, 0.29) is 5.54 Å². The van der Waals surface area contributed by atoms with E-state index in [0.717, 1.165) is 18.9 Å². The summed E-state index contributed by atoms with van der Waals surface area (Å²) in [5, 5.41) is 0. The number of rotatable bonds is 3. The Morgan fingerprint density at radius 3 is 2.47 bits per heavy atom. The second kappa shape index (κ2) is 4.70. The van der Waals surface area contributed by atoms with Crippen LogP contribution in [0.3, 0.4) is 0 Å². The number of nitrogens with zero attached hydrogens (tertiary/aromatic N) is 2. The number of anilines is 1. The summed E-state index contributed by atoms with van der Waals surface area (Å²) < 4.78 is 0. The molecule has 2 aromatic rings. The summed E-state index contributed by atoms with van der Waals surface area (Å²) in [5.41, 5.74) is 6.84. The maximum atomic E-state index is 5.82. The number of benzene rings is 1. The number of aromatic amines is 1. The first-order chi connectivity index (χ1) is 9.21. The van der Waals surface area contributed by atoms with E-state index in [0.29, 0.717) is 5.82 Å². The van der Waals surface area contributed by atoms with E-state index in [1.165, 1.54) is 18.4 Å². The van der Waals surface area contributed by atoms with Crippen molar-refractivity contribution in [2.75, 3.05) is 18.8 Å². The summed E-state index contributed by atoms with van der Waals surface area (Å²) >= 11 is 0. The van der Waals surface area contributed by atoms with Gasteiger partial charge in [0.15, 0.2) is 0 Å². The van der Waals surface area contributed by atoms with Crippen LogP contribution in [-0.2, 0) is 5.54 Å². The van der Waals surface area contributed by atoms with E-state index in [9.17, 15) is 0 Å². The largest absolute Gasteiger partial charge is 0.384 e. The molecule has 0 radical (unpaired) electrons. The van der Waals surface area contributed by atoms with Gasteiger partial charge in [-0.1, -0.05) is 30.3 Å². The zero-order valence-corrected chi connectivity index (χ0v) is 11.3. The van der Waals surface area contributed by atoms with Crippen LogP contribution in [0.1, 0.15) is 31.2 Å². The van der Waals surface area contributed by atoms with Crippen LogP contribution in [0.15, 0.2) is 36.5 Å². The first-order valence-corrected chi connectivity index (χ1v) is 6.83. The van der Waals surface area contributed by atoms with Gasteiger partial charge in [0.2, 0.25) is 0 Å². The summed E-state index contributed by atoms with van der Waals surface area (Å²) in [6.45, 7) is 4.43. The summed E-state index contributed by atoms with van der Waals surface area (Å²) in [6, 6.07) is 10.5. The van der Waals surface area contributed by atoms with E-state index in [4.69, 9.17) is 5.73 Å². The molecule has 0 aliphatic carbocycles. The Hall–Kier alpha value is -1.81. The van der Waals surface area contributed by atoms with Crippen LogP contribution >= 0.6 is 0 Å². The van der Waals surface area contributed by atoms with Gasteiger partial charge in [-0.2, -0.15) is 0 Å². The fourth-order valence-electron chi connectivity index (χ4n) is 2.98. The van der Waals surface area contributed by atoms with Gasteiger partial charge in [-0.05, 0) is 38.4 Å². The third-order valence-electron chi connectivity index (χ3n) is 4.13. The minimum atomic E-state index is -0.227. The van der Waals surface area contributed by atoms with Gasteiger partial charge in [-0.15, -0.1) is 0 Å². The molecule has 1 aromatic carbocycles. The van der Waals surface area contributed by atoms with E-state index in [1.807, 2.05) is 6.07 Å². The van der Waals surface area contributed by atoms with Gasteiger partial charge in [-0.25, -0.2) is 4.98 Å². The number of hydrogen-bond acceptors (Lipinski definition) is 3. The molecule has 4 heteroatoms. The first kappa shape index (κ1) is 12.2. The highest BCUT2D eigenvalue weighted by molar-refractivity contribution is 5.35. The highest BCUT2D eigenvalue weighted by Gasteiger charge is 2.39. The number of hydrogen-bond donors (Lipinski definition) is 2. The van der Waals surface area contributed by atoms with Crippen LogP contribution in [0, 0.1) is 0 Å². The summed E-state index contributed by atoms with van der Waals surface area (Å²) in [4.78, 5) is 10.2. The molecule has 0 amide bonds. The predicted molar refractivity (Wildman–Crippen MR) is 76.7 cm³/mol. The van der Waals surface area contributed by atoms with Gasteiger partial charge in [0, 0.05) is 0 Å². The minimum absolute atomic E-state index is 0.227. The van der Waals surface area contributed by atoms with E-state index in [1.54, 1.807) is 6.20 Å². The molecule has 3 rings (SSSR count). The third kappa shape index (κ3) is 2.02. The average molecular weight is 256 g/mol. The van der Waals surface area contributed by atoms with Gasteiger partial charge >= 0.3 is 0 Å². The molecule has 1 aliphatic heterocycles. The van der Waals surface area contributed by atoms with Crippen LogP contribution < -0.4 is 5.73 Å². The lowest BCUT2D eigenvalue weighted by molar-refractivity contribution is 0.168. The smallest absolute Gasteiger partial charge is 0.132 e. The van der Waals surface area contributed by atoms with Gasteiger partial charge in [0.25, 0.3) is 0 Å². The number of nitrogens with two attached hydrogens (primary N) is 1. The fraction of sp³-hybridized carbons (Fsp3) is 0.400. The molecule has 2 heterocycles. The van der Waals surface area contributed by atoms with Gasteiger partial charge in [0.05, 0.1) is 6.20 Å². The molecule has 1 saturated heterocycles. The minimum Gasteiger partial charge on any atom is -0.384 e. The maximum Gasteiger partial charge on any atom is 0.132 e. The van der Waals surface area contributed by atoms with Gasteiger partial charge in [-0.3, -0.25) is 4.90 Å². The van der Waals surface area contributed by atoms with Crippen molar-refractivity contribution in [2.24, 2.45) is 0 Å². The van der Waals surface area contributed by atoms with Crippen LogP contribution in [0.5, 0.6) is 0 Å². The SMILES string of the molecule is CC(c1ccccc1)(c1ncc(N)[nH]1)N1CCCC1. The zero-order valence-electron chi connectivity index (χ0n) is 11.3. The fourth-order valence-corrected chi connectivity index (χ4v) is 2.98. The van der Waals surface area contributed by atoms with Crippen molar-refractivity contribution in [3.05, 3.63) is 47.9 Å². The quantitative estimate of drug-likeness (QED) is 0.886. The third-order valence-corrected chi connectivity index (χ3v) is 4.13. The molecule has 0 bridgehead atoms. The van der Waals surface area contributed by atoms with Crippen LogP contribution in [0.2, 0.25) is 0 Å². The number of aromatic nitrogens is 2. The van der Waals surface area contributed by atoms with Gasteiger partial charge < -0.3 is 10.7 Å². The summed E-state index contributed by atoms with van der Waals surface area (Å²) in [7, 11) is 0. The van der Waals surface area contributed by atoms with Crippen LogP contribution in [0.4, 0.5) is 5.82 Å². The Bertz CT molecular complexity index is 542. The standard InChI is InChI=1S/C15H20N4/c1-15(19-9-5-6-10-19,12-7-3-2-4-8-12)14-17-11-13(16)18-14/h2-4,7-8,11H,5-6,9-10,16H2,1H3,(H,17,18). The highest BCUT2D eigenvalue weighted by Crippen LogP contribution is 2.36. The van der Waals surface area contributed by atoms with Crippen molar-refractivity contribution < 1.29 is 0 Å². The molecule has 1 atom stereocenters. The molecular formula is C15H20N4. The Labute approximate surface area is 113 Å². The normalized spacial score (nSPS) is 19.4. The van der Waals surface area contributed by atoms with Crippen molar-refractivity contribution in [2.45, 2.75) is 25.3 Å². The van der Waals surface area contributed by atoms with Crippen molar-refractivity contribution in [1.82, 2.24) is 14.9 Å². The number of nitrogens with one attached hydrogen (secondary N) is 1. The second-order valence-corrected chi connectivity index (χ2v) is 5.32. The molecule has 19 heavy (non-hydrogen) atoms.